The number of aliphatic hydroxyl groups excluding tert-OH is 1. The van der Waals surface area contributed by atoms with Crippen molar-refractivity contribution in [2.75, 3.05) is 40.4 Å². The minimum Gasteiger partial charge on any atom is -0.507 e. The van der Waals surface area contributed by atoms with E-state index in [1.807, 2.05) is 13.8 Å². The molecule has 2 heterocycles. The number of aromatic amines is 1. The number of methoxy groups -OCH3 is 2. The SMILES string of the molecule is CCN(CC)CCN1C(=O)C(=O)C(=C(O)c2c(C)[nH]c(C(=O)OC)c2C)C1c1ccccc1OC. The summed E-state index contributed by atoms with van der Waals surface area (Å²) in [5, 5.41) is 11.5. The number of likely N-dealkylation sites (N-methyl/N-ethyl adjacent to an activating group) is 1. The van der Waals surface area contributed by atoms with Crippen LogP contribution < -0.4 is 4.74 Å². The third-order valence-electron chi connectivity index (χ3n) is 6.59. The molecule has 1 saturated heterocycles. The predicted molar refractivity (Wildman–Crippen MR) is 131 cm³/mol. The number of hydrogen-bond acceptors (Lipinski definition) is 7. The van der Waals surface area contributed by atoms with Crippen molar-refractivity contribution < 1.29 is 29.0 Å². The van der Waals surface area contributed by atoms with Crippen molar-refractivity contribution in [2.45, 2.75) is 33.7 Å². The largest absolute Gasteiger partial charge is 0.507 e. The number of carbonyl (C=O) groups excluding carboxylic acids is 3. The molecule has 1 aromatic carbocycles. The van der Waals surface area contributed by atoms with E-state index >= 15 is 0 Å². The van der Waals surface area contributed by atoms with Crippen molar-refractivity contribution in [3.05, 3.63) is 57.9 Å². The summed E-state index contributed by atoms with van der Waals surface area (Å²) in [4.78, 5) is 45.4. The molecule has 0 radical (unpaired) electrons. The fourth-order valence-corrected chi connectivity index (χ4v) is 4.66. The number of para-hydroxylation sites is 1. The number of carbonyl (C=O) groups is 3. The number of aryl methyl sites for hydroxylation is 1. The molecule has 1 atom stereocenters. The van der Waals surface area contributed by atoms with Gasteiger partial charge < -0.3 is 29.4 Å². The second kappa shape index (κ2) is 10.8. The van der Waals surface area contributed by atoms with E-state index in [4.69, 9.17) is 9.47 Å². The lowest BCUT2D eigenvalue weighted by atomic mass is 9.93. The molecule has 0 saturated carbocycles. The number of esters is 1. The van der Waals surface area contributed by atoms with Gasteiger partial charge in [0.15, 0.2) is 0 Å². The summed E-state index contributed by atoms with van der Waals surface area (Å²) in [6.07, 6.45) is 0. The van der Waals surface area contributed by atoms with Crippen LogP contribution in [0.5, 0.6) is 5.75 Å². The first kappa shape index (κ1) is 26.0. The Labute approximate surface area is 205 Å². The number of Topliss-reactive ketones (excluding diaryl/α,β-unsaturated/α-hetero) is 1. The fourth-order valence-electron chi connectivity index (χ4n) is 4.66. The smallest absolute Gasteiger partial charge is 0.354 e. The van der Waals surface area contributed by atoms with Crippen molar-refractivity contribution in [3.8, 4) is 5.75 Å². The number of benzene rings is 1. The maximum absolute atomic E-state index is 13.4. The van der Waals surface area contributed by atoms with E-state index in [0.717, 1.165) is 13.1 Å². The predicted octanol–water partition coefficient (Wildman–Crippen LogP) is 3.19. The van der Waals surface area contributed by atoms with Crippen LogP contribution in [0, 0.1) is 13.8 Å². The number of ketones is 1. The molecule has 2 N–H and O–H groups in total. The van der Waals surface area contributed by atoms with Gasteiger partial charge in [-0.1, -0.05) is 32.0 Å². The lowest BCUT2D eigenvalue weighted by Crippen LogP contribution is -2.38. The third-order valence-corrected chi connectivity index (χ3v) is 6.59. The van der Waals surface area contributed by atoms with Crippen LogP contribution in [0.4, 0.5) is 0 Å². The van der Waals surface area contributed by atoms with Crippen LogP contribution in [0.25, 0.3) is 5.76 Å². The Morgan fingerprint density at radius 2 is 1.80 bits per heavy atom. The van der Waals surface area contributed by atoms with E-state index in [0.29, 0.717) is 41.2 Å². The summed E-state index contributed by atoms with van der Waals surface area (Å²) >= 11 is 0. The lowest BCUT2D eigenvalue weighted by Gasteiger charge is -2.29. The van der Waals surface area contributed by atoms with Gasteiger partial charge in [0.05, 0.1) is 25.8 Å². The number of H-pyrrole nitrogens is 1. The highest BCUT2D eigenvalue weighted by molar-refractivity contribution is 6.46. The van der Waals surface area contributed by atoms with Gasteiger partial charge in [-0.25, -0.2) is 4.79 Å². The van der Waals surface area contributed by atoms with Gasteiger partial charge >= 0.3 is 5.97 Å². The Hall–Kier alpha value is -3.59. The van der Waals surface area contributed by atoms with Gasteiger partial charge in [-0.15, -0.1) is 0 Å². The molecule has 0 aliphatic carbocycles. The first-order valence-corrected chi connectivity index (χ1v) is 11.6. The molecule has 0 spiro atoms. The maximum atomic E-state index is 13.4. The van der Waals surface area contributed by atoms with Crippen molar-refractivity contribution in [1.29, 1.82) is 0 Å². The number of nitrogens with zero attached hydrogens (tertiary/aromatic N) is 2. The molecular weight excluding hydrogens is 450 g/mol. The molecule has 9 nitrogen and oxygen atoms in total. The second-order valence-corrected chi connectivity index (χ2v) is 8.38. The molecule has 1 aromatic heterocycles. The first-order valence-electron chi connectivity index (χ1n) is 11.6. The van der Waals surface area contributed by atoms with E-state index in [-0.39, 0.29) is 17.0 Å². The topological polar surface area (TPSA) is 112 Å². The third kappa shape index (κ3) is 4.68. The summed E-state index contributed by atoms with van der Waals surface area (Å²) in [5.41, 5.74) is 1.94. The van der Waals surface area contributed by atoms with Crippen LogP contribution in [0.2, 0.25) is 0 Å². The first-order chi connectivity index (χ1) is 16.7. The summed E-state index contributed by atoms with van der Waals surface area (Å²) < 4.78 is 10.4. The van der Waals surface area contributed by atoms with Gasteiger partial charge in [-0.05, 0) is 38.6 Å². The number of likely N-dealkylation sites (tertiary alicyclic amines) is 1. The summed E-state index contributed by atoms with van der Waals surface area (Å²) in [5.74, 6) is -1.90. The van der Waals surface area contributed by atoms with E-state index in [2.05, 4.69) is 9.88 Å². The van der Waals surface area contributed by atoms with Gasteiger partial charge in [0.1, 0.15) is 17.2 Å². The van der Waals surface area contributed by atoms with E-state index in [9.17, 15) is 19.5 Å². The van der Waals surface area contributed by atoms with Gasteiger partial charge in [0.2, 0.25) is 0 Å². The molecular formula is C26H33N3O6. The van der Waals surface area contributed by atoms with E-state index < -0.39 is 23.7 Å². The van der Waals surface area contributed by atoms with Crippen LogP contribution >= 0.6 is 0 Å². The molecule has 9 heteroatoms. The molecule has 188 valence electrons. The highest BCUT2D eigenvalue weighted by Crippen LogP contribution is 2.43. The fraction of sp³-hybridized carbons (Fsp3) is 0.423. The number of aliphatic hydroxyl groups is 1. The monoisotopic (exact) mass is 483 g/mol. The Bertz CT molecular complexity index is 1160. The van der Waals surface area contributed by atoms with Crippen molar-refractivity contribution in [2.24, 2.45) is 0 Å². The Balaban J connectivity index is 2.23. The van der Waals surface area contributed by atoms with Crippen LogP contribution in [0.15, 0.2) is 29.8 Å². The number of nitrogens with one attached hydrogen (secondary N) is 1. The molecule has 2 aromatic rings. The van der Waals surface area contributed by atoms with Gasteiger partial charge in [0.25, 0.3) is 11.7 Å². The normalized spacial score (nSPS) is 17.3. The minimum atomic E-state index is -0.850. The minimum absolute atomic E-state index is 0.0411. The molecule has 1 fully saturated rings. The molecule has 3 rings (SSSR count). The highest BCUT2D eigenvalue weighted by atomic mass is 16.5. The van der Waals surface area contributed by atoms with Crippen molar-refractivity contribution in [1.82, 2.24) is 14.8 Å². The zero-order valence-electron chi connectivity index (χ0n) is 21.1. The molecule has 1 amide bonds. The number of rotatable bonds is 9. The molecule has 1 aliphatic rings. The van der Waals surface area contributed by atoms with Crippen LogP contribution in [-0.4, -0.2) is 77.9 Å². The zero-order chi connectivity index (χ0) is 25.9. The van der Waals surface area contributed by atoms with Crippen LogP contribution in [-0.2, 0) is 14.3 Å². The van der Waals surface area contributed by atoms with Gasteiger partial charge in [-0.2, -0.15) is 0 Å². The summed E-state index contributed by atoms with van der Waals surface area (Å²) in [6.45, 7) is 9.88. The lowest BCUT2D eigenvalue weighted by molar-refractivity contribution is -0.140. The van der Waals surface area contributed by atoms with E-state index in [1.165, 1.54) is 19.1 Å². The number of ether oxygens (including phenoxy) is 2. The van der Waals surface area contributed by atoms with Crippen LogP contribution in [0.1, 0.15) is 52.8 Å². The number of hydrogen-bond donors (Lipinski definition) is 2. The van der Waals surface area contributed by atoms with Gasteiger partial charge in [0, 0.05) is 29.9 Å². The quantitative estimate of drug-likeness (QED) is 0.244. The average Bonchev–Trinajstić information content (AvgIpc) is 3.30. The summed E-state index contributed by atoms with van der Waals surface area (Å²) in [7, 11) is 2.78. The average molecular weight is 484 g/mol. The highest BCUT2D eigenvalue weighted by Gasteiger charge is 2.47. The molecule has 35 heavy (non-hydrogen) atoms. The Morgan fingerprint density at radius 3 is 2.40 bits per heavy atom. The number of aromatic nitrogens is 1. The van der Waals surface area contributed by atoms with Gasteiger partial charge in [-0.3, -0.25) is 9.59 Å². The Kier molecular flexibility index (Phi) is 8.01. The van der Waals surface area contributed by atoms with Crippen molar-refractivity contribution in [3.63, 3.8) is 0 Å². The van der Waals surface area contributed by atoms with Crippen molar-refractivity contribution >= 4 is 23.4 Å². The molecule has 1 unspecified atom stereocenters. The molecule has 0 bridgehead atoms. The zero-order valence-corrected chi connectivity index (χ0v) is 21.1. The molecule has 1 aliphatic heterocycles. The number of amides is 1. The Morgan fingerprint density at radius 1 is 1.14 bits per heavy atom. The van der Waals surface area contributed by atoms with E-state index in [1.54, 1.807) is 38.1 Å². The maximum Gasteiger partial charge on any atom is 0.354 e. The summed E-state index contributed by atoms with van der Waals surface area (Å²) in [6, 6.07) is 6.28. The van der Waals surface area contributed by atoms with Crippen LogP contribution in [0.3, 0.4) is 0 Å². The standard InChI is InChI=1S/C26H33N3O6/c1-7-28(8-2)13-14-29-22(17-11-9-10-12-18(17)34-5)20(24(31)25(29)32)23(30)19-15(3)21(26(33)35-6)27-16(19)4/h9-12,22,27,30H,7-8,13-14H2,1-6H3. The second-order valence-electron chi connectivity index (χ2n) is 8.38.